The molecule has 1 saturated carbocycles. The SMILES string of the molecule is CC(C)CC(O)(C(C)C)C1CCCCC1. The lowest BCUT2D eigenvalue weighted by molar-refractivity contribution is -0.0849. The van der Waals surface area contributed by atoms with Crippen molar-refractivity contribution in [3.8, 4) is 0 Å². The Morgan fingerprint density at radius 2 is 1.60 bits per heavy atom. The molecule has 1 N–H and O–H groups in total. The topological polar surface area (TPSA) is 20.2 Å². The second-order valence-corrected chi connectivity index (χ2v) is 6.08. The van der Waals surface area contributed by atoms with E-state index in [0.29, 0.717) is 17.8 Å². The third-order valence-corrected chi connectivity index (χ3v) is 4.05. The van der Waals surface area contributed by atoms with E-state index in [-0.39, 0.29) is 0 Å². The van der Waals surface area contributed by atoms with E-state index in [1.165, 1.54) is 32.1 Å². The normalized spacial score (nSPS) is 23.4. The standard InChI is InChI=1S/C14H28O/c1-11(2)10-14(15,12(3)4)13-8-6-5-7-9-13/h11-13,15H,5-10H2,1-4H3. The van der Waals surface area contributed by atoms with Gasteiger partial charge in [-0.05, 0) is 37.0 Å². The first-order valence-corrected chi connectivity index (χ1v) is 6.69. The summed E-state index contributed by atoms with van der Waals surface area (Å²) in [4.78, 5) is 0. The van der Waals surface area contributed by atoms with Crippen molar-refractivity contribution in [3.05, 3.63) is 0 Å². The average molecular weight is 212 g/mol. The minimum Gasteiger partial charge on any atom is -0.389 e. The van der Waals surface area contributed by atoms with Gasteiger partial charge in [0.1, 0.15) is 0 Å². The molecule has 0 aromatic rings. The van der Waals surface area contributed by atoms with E-state index >= 15 is 0 Å². The predicted molar refractivity (Wildman–Crippen MR) is 65.8 cm³/mol. The second kappa shape index (κ2) is 5.34. The summed E-state index contributed by atoms with van der Waals surface area (Å²) >= 11 is 0. The van der Waals surface area contributed by atoms with Crippen molar-refractivity contribution in [1.82, 2.24) is 0 Å². The smallest absolute Gasteiger partial charge is 0.0701 e. The Bertz CT molecular complexity index is 180. The summed E-state index contributed by atoms with van der Waals surface area (Å²) in [6, 6.07) is 0. The van der Waals surface area contributed by atoms with Crippen LogP contribution >= 0.6 is 0 Å². The first kappa shape index (κ1) is 13.0. The molecule has 15 heavy (non-hydrogen) atoms. The fraction of sp³-hybridized carbons (Fsp3) is 1.00. The van der Waals surface area contributed by atoms with Gasteiger partial charge in [-0.2, -0.15) is 0 Å². The van der Waals surface area contributed by atoms with Crippen LogP contribution in [0.1, 0.15) is 66.2 Å². The van der Waals surface area contributed by atoms with Crippen LogP contribution in [0.15, 0.2) is 0 Å². The highest BCUT2D eigenvalue weighted by Gasteiger charge is 2.40. The predicted octanol–water partition coefficient (Wildman–Crippen LogP) is 4.00. The van der Waals surface area contributed by atoms with Gasteiger partial charge in [0.05, 0.1) is 5.60 Å². The van der Waals surface area contributed by atoms with Crippen molar-refractivity contribution < 1.29 is 5.11 Å². The highest BCUT2D eigenvalue weighted by atomic mass is 16.3. The maximum Gasteiger partial charge on any atom is 0.0701 e. The van der Waals surface area contributed by atoms with E-state index in [1.54, 1.807) is 0 Å². The molecule has 1 atom stereocenters. The van der Waals surface area contributed by atoms with Gasteiger partial charge < -0.3 is 5.11 Å². The van der Waals surface area contributed by atoms with Gasteiger partial charge in [-0.25, -0.2) is 0 Å². The second-order valence-electron chi connectivity index (χ2n) is 6.08. The summed E-state index contributed by atoms with van der Waals surface area (Å²) in [7, 11) is 0. The highest BCUT2D eigenvalue weighted by molar-refractivity contribution is 4.91. The fourth-order valence-electron chi connectivity index (χ4n) is 3.13. The van der Waals surface area contributed by atoms with E-state index in [2.05, 4.69) is 27.7 Å². The van der Waals surface area contributed by atoms with Crippen molar-refractivity contribution in [2.24, 2.45) is 17.8 Å². The molecule has 0 spiro atoms. The zero-order valence-corrected chi connectivity index (χ0v) is 10.9. The quantitative estimate of drug-likeness (QED) is 0.747. The molecule has 1 heteroatoms. The number of hydrogen-bond acceptors (Lipinski definition) is 1. The number of hydrogen-bond donors (Lipinski definition) is 1. The van der Waals surface area contributed by atoms with Crippen LogP contribution < -0.4 is 0 Å². The maximum absolute atomic E-state index is 10.9. The largest absolute Gasteiger partial charge is 0.389 e. The van der Waals surface area contributed by atoms with Crippen LogP contribution in [0.2, 0.25) is 0 Å². The van der Waals surface area contributed by atoms with Gasteiger partial charge in [0, 0.05) is 0 Å². The first-order chi connectivity index (χ1) is 6.97. The van der Waals surface area contributed by atoms with Gasteiger partial charge in [0.2, 0.25) is 0 Å². The molecule has 0 radical (unpaired) electrons. The Labute approximate surface area is 95.3 Å². The van der Waals surface area contributed by atoms with Crippen LogP contribution in [0, 0.1) is 17.8 Å². The highest BCUT2D eigenvalue weighted by Crippen LogP contribution is 2.40. The lowest BCUT2D eigenvalue weighted by atomic mass is 9.68. The lowest BCUT2D eigenvalue weighted by Gasteiger charge is -2.43. The zero-order chi connectivity index (χ0) is 11.5. The third kappa shape index (κ3) is 3.21. The molecule has 1 rings (SSSR count). The molecular formula is C14H28O. The Morgan fingerprint density at radius 3 is 2.00 bits per heavy atom. The van der Waals surface area contributed by atoms with Gasteiger partial charge >= 0.3 is 0 Å². The molecule has 0 bridgehead atoms. The summed E-state index contributed by atoms with van der Waals surface area (Å²) in [5.74, 6) is 1.54. The Morgan fingerprint density at radius 1 is 1.07 bits per heavy atom. The zero-order valence-electron chi connectivity index (χ0n) is 10.9. The Balaban J connectivity index is 2.69. The van der Waals surface area contributed by atoms with Gasteiger partial charge in [0.25, 0.3) is 0 Å². The van der Waals surface area contributed by atoms with Crippen LogP contribution in [-0.4, -0.2) is 10.7 Å². The van der Waals surface area contributed by atoms with E-state index in [0.717, 1.165) is 6.42 Å². The summed E-state index contributed by atoms with van der Waals surface area (Å²) in [5, 5.41) is 10.9. The Kier molecular flexibility index (Phi) is 4.64. The van der Waals surface area contributed by atoms with Crippen molar-refractivity contribution in [1.29, 1.82) is 0 Å². The van der Waals surface area contributed by atoms with Gasteiger partial charge in [-0.3, -0.25) is 0 Å². The molecule has 0 aromatic heterocycles. The van der Waals surface area contributed by atoms with Crippen molar-refractivity contribution in [2.45, 2.75) is 71.8 Å². The molecule has 90 valence electrons. The lowest BCUT2D eigenvalue weighted by Crippen LogP contribution is -2.45. The number of rotatable bonds is 4. The monoisotopic (exact) mass is 212 g/mol. The van der Waals surface area contributed by atoms with Crippen LogP contribution in [0.3, 0.4) is 0 Å². The molecule has 0 amide bonds. The molecule has 0 heterocycles. The minimum atomic E-state index is -0.408. The molecule has 1 nitrogen and oxygen atoms in total. The summed E-state index contributed by atoms with van der Waals surface area (Å²) in [5.41, 5.74) is -0.408. The molecular weight excluding hydrogens is 184 g/mol. The number of aliphatic hydroxyl groups is 1. The van der Waals surface area contributed by atoms with Crippen molar-refractivity contribution in [2.75, 3.05) is 0 Å². The molecule has 1 unspecified atom stereocenters. The van der Waals surface area contributed by atoms with Gasteiger partial charge in [0.15, 0.2) is 0 Å². The Hall–Kier alpha value is -0.0400. The van der Waals surface area contributed by atoms with E-state index < -0.39 is 5.60 Å². The minimum absolute atomic E-state index is 0.392. The molecule has 1 aliphatic carbocycles. The molecule has 0 aromatic carbocycles. The van der Waals surface area contributed by atoms with Crippen LogP contribution in [-0.2, 0) is 0 Å². The summed E-state index contributed by atoms with van der Waals surface area (Å²) in [6.45, 7) is 8.79. The third-order valence-electron chi connectivity index (χ3n) is 4.05. The van der Waals surface area contributed by atoms with Crippen LogP contribution in [0.25, 0.3) is 0 Å². The van der Waals surface area contributed by atoms with Crippen molar-refractivity contribution >= 4 is 0 Å². The van der Waals surface area contributed by atoms with Crippen molar-refractivity contribution in [3.63, 3.8) is 0 Å². The molecule has 0 saturated heterocycles. The summed E-state index contributed by atoms with van der Waals surface area (Å²) < 4.78 is 0. The molecule has 1 aliphatic rings. The maximum atomic E-state index is 10.9. The van der Waals surface area contributed by atoms with E-state index in [1.807, 2.05) is 0 Å². The summed E-state index contributed by atoms with van der Waals surface area (Å²) in [6.07, 6.45) is 7.44. The van der Waals surface area contributed by atoms with Gasteiger partial charge in [-0.15, -0.1) is 0 Å². The fourth-order valence-corrected chi connectivity index (χ4v) is 3.13. The van der Waals surface area contributed by atoms with Gasteiger partial charge in [-0.1, -0.05) is 47.0 Å². The first-order valence-electron chi connectivity index (χ1n) is 6.69. The van der Waals surface area contributed by atoms with Crippen LogP contribution in [0.4, 0.5) is 0 Å². The molecule has 1 fully saturated rings. The molecule has 0 aliphatic heterocycles. The van der Waals surface area contributed by atoms with Crippen LogP contribution in [0.5, 0.6) is 0 Å². The average Bonchev–Trinajstić information content (AvgIpc) is 2.17. The van der Waals surface area contributed by atoms with E-state index in [9.17, 15) is 5.11 Å². The van der Waals surface area contributed by atoms with E-state index in [4.69, 9.17) is 0 Å².